The van der Waals surface area contributed by atoms with E-state index in [1.54, 1.807) is 0 Å². The summed E-state index contributed by atoms with van der Waals surface area (Å²) in [5.41, 5.74) is 1.06. The Morgan fingerprint density at radius 3 is 2.62 bits per heavy atom. The van der Waals surface area contributed by atoms with Gasteiger partial charge < -0.3 is 10.6 Å². The SMILES string of the molecule is Cl.O=C(NCCN1CCNCC1)C1CCCCN1Cc1ccc(F)cc1. The van der Waals surface area contributed by atoms with Gasteiger partial charge in [-0.25, -0.2) is 4.39 Å². The van der Waals surface area contributed by atoms with Gasteiger partial charge in [0.2, 0.25) is 5.91 Å². The number of carbonyl (C=O) groups excluding carboxylic acids is 1. The number of carbonyl (C=O) groups is 1. The van der Waals surface area contributed by atoms with Crippen molar-refractivity contribution in [3.05, 3.63) is 35.6 Å². The summed E-state index contributed by atoms with van der Waals surface area (Å²) in [6, 6.07) is 6.53. The van der Waals surface area contributed by atoms with E-state index in [0.29, 0.717) is 13.1 Å². The van der Waals surface area contributed by atoms with Crippen LogP contribution in [0.2, 0.25) is 0 Å². The third-order valence-corrected chi connectivity index (χ3v) is 5.15. The molecule has 2 N–H and O–H groups in total. The molecule has 26 heavy (non-hydrogen) atoms. The van der Waals surface area contributed by atoms with Gasteiger partial charge in [-0.15, -0.1) is 12.4 Å². The quantitative estimate of drug-likeness (QED) is 0.782. The molecule has 0 spiro atoms. The number of hydrogen-bond acceptors (Lipinski definition) is 4. The number of nitrogens with zero attached hydrogens (tertiary/aromatic N) is 2. The summed E-state index contributed by atoms with van der Waals surface area (Å²) in [5, 5.41) is 6.46. The first-order chi connectivity index (χ1) is 12.2. The smallest absolute Gasteiger partial charge is 0.237 e. The van der Waals surface area contributed by atoms with E-state index in [4.69, 9.17) is 0 Å². The molecule has 2 fully saturated rings. The van der Waals surface area contributed by atoms with Crippen LogP contribution >= 0.6 is 12.4 Å². The maximum Gasteiger partial charge on any atom is 0.237 e. The standard InChI is InChI=1S/C19H29FN4O.ClH/c20-17-6-4-16(5-7-17)15-24-11-2-1-3-18(24)19(25)22-10-14-23-12-8-21-9-13-23;/h4-7,18,21H,1-3,8-15H2,(H,22,25);1H. The van der Waals surface area contributed by atoms with E-state index in [-0.39, 0.29) is 30.2 Å². The van der Waals surface area contributed by atoms with Crippen molar-refractivity contribution in [2.45, 2.75) is 31.8 Å². The fourth-order valence-electron chi connectivity index (χ4n) is 3.69. The molecule has 1 unspecified atom stereocenters. The molecule has 146 valence electrons. The van der Waals surface area contributed by atoms with Crippen LogP contribution in [0.4, 0.5) is 4.39 Å². The van der Waals surface area contributed by atoms with Crippen LogP contribution in [0.25, 0.3) is 0 Å². The number of amides is 1. The first kappa shape index (κ1) is 21.1. The maximum absolute atomic E-state index is 13.1. The Labute approximate surface area is 161 Å². The van der Waals surface area contributed by atoms with Crippen molar-refractivity contribution in [3.8, 4) is 0 Å². The summed E-state index contributed by atoms with van der Waals surface area (Å²) in [5.74, 6) is -0.0819. The summed E-state index contributed by atoms with van der Waals surface area (Å²) >= 11 is 0. The number of rotatable bonds is 6. The Hall–Kier alpha value is -1.21. The van der Waals surface area contributed by atoms with E-state index in [9.17, 15) is 9.18 Å². The van der Waals surface area contributed by atoms with Gasteiger partial charge in [-0.3, -0.25) is 14.6 Å². The van der Waals surface area contributed by atoms with Gasteiger partial charge in [-0.05, 0) is 37.1 Å². The zero-order valence-electron chi connectivity index (χ0n) is 15.3. The monoisotopic (exact) mass is 384 g/mol. The first-order valence-electron chi connectivity index (χ1n) is 9.41. The molecule has 2 aliphatic rings. The lowest BCUT2D eigenvalue weighted by Gasteiger charge is -2.35. The van der Waals surface area contributed by atoms with Gasteiger partial charge >= 0.3 is 0 Å². The molecule has 0 bridgehead atoms. The van der Waals surface area contributed by atoms with Crippen molar-refractivity contribution >= 4 is 18.3 Å². The molecule has 2 saturated heterocycles. The number of halogens is 2. The second kappa shape index (κ2) is 10.8. The molecule has 0 aromatic heterocycles. The van der Waals surface area contributed by atoms with Crippen LogP contribution in [0.3, 0.4) is 0 Å². The van der Waals surface area contributed by atoms with Gasteiger partial charge in [0.25, 0.3) is 0 Å². The number of piperidine rings is 1. The van der Waals surface area contributed by atoms with Gasteiger partial charge in [0.1, 0.15) is 5.82 Å². The number of nitrogens with one attached hydrogen (secondary N) is 2. The normalized spacial score (nSPS) is 21.8. The molecule has 2 aliphatic heterocycles. The van der Waals surface area contributed by atoms with Crippen LogP contribution in [0.15, 0.2) is 24.3 Å². The lowest BCUT2D eigenvalue weighted by atomic mass is 10.0. The number of likely N-dealkylation sites (tertiary alicyclic amines) is 1. The van der Waals surface area contributed by atoms with Crippen molar-refractivity contribution < 1.29 is 9.18 Å². The maximum atomic E-state index is 13.1. The van der Waals surface area contributed by atoms with Gasteiger partial charge in [-0.2, -0.15) is 0 Å². The minimum absolute atomic E-state index is 0. The molecule has 0 aliphatic carbocycles. The van der Waals surface area contributed by atoms with Crippen LogP contribution in [0, 0.1) is 5.82 Å². The van der Waals surface area contributed by atoms with Gasteiger partial charge in [-0.1, -0.05) is 18.6 Å². The molecule has 1 aromatic carbocycles. The predicted octanol–water partition coefficient (Wildman–Crippen LogP) is 1.62. The van der Waals surface area contributed by atoms with Crippen molar-refractivity contribution in [2.24, 2.45) is 0 Å². The van der Waals surface area contributed by atoms with Crippen LogP contribution in [-0.2, 0) is 11.3 Å². The summed E-state index contributed by atoms with van der Waals surface area (Å²) in [7, 11) is 0. The van der Waals surface area contributed by atoms with E-state index in [0.717, 1.165) is 64.1 Å². The molecule has 1 amide bonds. The molecular weight excluding hydrogens is 355 g/mol. The van der Waals surface area contributed by atoms with Crippen LogP contribution < -0.4 is 10.6 Å². The molecular formula is C19H30ClFN4O. The highest BCUT2D eigenvalue weighted by atomic mass is 35.5. The van der Waals surface area contributed by atoms with Crippen LogP contribution in [-0.4, -0.2) is 67.6 Å². The minimum atomic E-state index is -0.218. The van der Waals surface area contributed by atoms with Gasteiger partial charge in [0.15, 0.2) is 0 Å². The van der Waals surface area contributed by atoms with E-state index in [2.05, 4.69) is 20.4 Å². The Morgan fingerprint density at radius 2 is 1.88 bits per heavy atom. The third-order valence-electron chi connectivity index (χ3n) is 5.15. The average Bonchev–Trinajstić information content (AvgIpc) is 2.65. The molecule has 1 aromatic rings. The van der Waals surface area contributed by atoms with Crippen molar-refractivity contribution in [2.75, 3.05) is 45.8 Å². The molecule has 0 saturated carbocycles. The fourth-order valence-corrected chi connectivity index (χ4v) is 3.69. The molecule has 0 radical (unpaired) electrons. The average molecular weight is 385 g/mol. The predicted molar refractivity (Wildman–Crippen MR) is 104 cm³/mol. The lowest BCUT2D eigenvalue weighted by Crippen LogP contribution is -2.51. The number of piperazine rings is 1. The summed E-state index contributed by atoms with van der Waals surface area (Å²) in [4.78, 5) is 17.3. The second-order valence-corrected chi connectivity index (χ2v) is 6.99. The van der Waals surface area contributed by atoms with E-state index in [1.165, 1.54) is 12.1 Å². The van der Waals surface area contributed by atoms with Crippen molar-refractivity contribution in [1.82, 2.24) is 20.4 Å². The zero-order valence-corrected chi connectivity index (χ0v) is 16.1. The summed E-state index contributed by atoms with van der Waals surface area (Å²) in [6.45, 7) is 7.41. The third kappa shape index (κ3) is 6.20. The van der Waals surface area contributed by atoms with Crippen molar-refractivity contribution in [1.29, 1.82) is 0 Å². The Balaban J connectivity index is 0.00000243. The summed E-state index contributed by atoms with van der Waals surface area (Å²) in [6.07, 6.45) is 3.11. The topological polar surface area (TPSA) is 47.6 Å². The van der Waals surface area contributed by atoms with E-state index >= 15 is 0 Å². The second-order valence-electron chi connectivity index (χ2n) is 6.99. The highest BCUT2D eigenvalue weighted by Crippen LogP contribution is 2.20. The molecule has 1 atom stereocenters. The fraction of sp³-hybridized carbons (Fsp3) is 0.632. The molecule has 7 heteroatoms. The zero-order chi connectivity index (χ0) is 17.5. The molecule has 3 rings (SSSR count). The van der Waals surface area contributed by atoms with E-state index in [1.807, 2.05) is 12.1 Å². The van der Waals surface area contributed by atoms with Crippen molar-refractivity contribution in [3.63, 3.8) is 0 Å². The Kier molecular flexibility index (Phi) is 8.78. The Bertz CT molecular complexity index is 551. The van der Waals surface area contributed by atoms with Gasteiger partial charge in [0.05, 0.1) is 6.04 Å². The molecule has 5 nitrogen and oxygen atoms in total. The number of benzene rings is 1. The van der Waals surface area contributed by atoms with Crippen LogP contribution in [0.1, 0.15) is 24.8 Å². The van der Waals surface area contributed by atoms with Crippen LogP contribution in [0.5, 0.6) is 0 Å². The number of hydrogen-bond donors (Lipinski definition) is 2. The largest absolute Gasteiger partial charge is 0.353 e. The molecule has 2 heterocycles. The van der Waals surface area contributed by atoms with E-state index < -0.39 is 0 Å². The first-order valence-corrected chi connectivity index (χ1v) is 9.41. The lowest BCUT2D eigenvalue weighted by molar-refractivity contribution is -0.128. The van der Waals surface area contributed by atoms with Gasteiger partial charge in [0, 0.05) is 45.8 Å². The summed E-state index contributed by atoms with van der Waals surface area (Å²) < 4.78 is 13.1. The highest BCUT2D eigenvalue weighted by Gasteiger charge is 2.28. The Morgan fingerprint density at radius 1 is 1.15 bits per heavy atom. The minimum Gasteiger partial charge on any atom is -0.353 e. The highest BCUT2D eigenvalue weighted by molar-refractivity contribution is 5.85.